The Labute approximate surface area is 185 Å². The van der Waals surface area contributed by atoms with Crippen molar-refractivity contribution in [2.24, 2.45) is 0 Å². The van der Waals surface area contributed by atoms with Gasteiger partial charge in [0.1, 0.15) is 10.7 Å². The zero-order chi connectivity index (χ0) is 22.8. The summed E-state index contributed by atoms with van der Waals surface area (Å²) in [5.74, 6) is -0.0456. The van der Waals surface area contributed by atoms with Crippen LogP contribution in [0.1, 0.15) is 6.42 Å². The summed E-state index contributed by atoms with van der Waals surface area (Å²) < 4.78 is 79.8. The minimum absolute atomic E-state index is 0.00826. The van der Waals surface area contributed by atoms with Gasteiger partial charge >= 0.3 is 0 Å². The van der Waals surface area contributed by atoms with E-state index >= 15 is 0 Å². The average Bonchev–Trinajstić information content (AvgIpc) is 3.00. The smallest absolute Gasteiger partial charge is 0.264 e. The molecule has 32 heavy (non-hydrogen) atoms. The number of rotatable bonds is 6. The summed E-state index contributed by atoms with van der Waals surface area (Å²) in [5, 5.41) is 0. The monoisotopic (exact) mass is 478 g/mol. The Kier molecular flexibility index (Phi) is 5.94. The highest BCUT2D eigenvalue weighted by molar-refractivity contribution is 7.93. The highest BCUT2D eigenvalue weighted by Crippen LogP contribution is 2.32. The van der Waals surface area contributed by atoms with Gasteiger partial charge in [-0.1, -0.05) is 12.1 Å². The molecule has 0 amide bonds. The first-order chi connectivity index (χ1) is 15.2. The lowest BCUT2D eigenvalue weighted by Gasteiger charge is -2.12. The van der Waals surface area contributed by atoms with E-state index in [1.165, 1.54) is 54.6 Å². The van der Waals surface area contributed by atoms with Crippen LogP contribution in [0.5, 0.6) is 11.5 Å². The van der Waals surface area contributed by atoms with Gasteiger partial charge in [0, 0.05) is 23.9 Å². The predicted molar refractivity (Wildman–Crippen MR) is 117 cm³/mol. The molecular weight excluding hydrogens is 459 g/mol. The number of benzene rings is 3. The maximum Gasteiger partial charge on any atom is 0.264 e. The van der Waals surface area contributed by atoms with Crippen molar-refractivity contribution in [3.63, 3.8) is 0 Å². The van der Waals surface area contributed by atoms with E-state index < -0.39 is 30.8 Å². The Balaban J connectivity index is 1.50. The number of hydrogen-bond acceptors (Lipinski definition) is 6. The summed E-state index contributed by atoms with van der Waals surface area (Å²) in [7, 11) is -8.07. The van der Waals surface area contributed by atoms with Crippen LogP contribution in [-0.4, -0.2) is 30.0 Å². The van der Waals surface area contributed by atoms with Crippen LogP contribution < -0.4 is 18.9 Å². The fraction of sp³-hybridized carbons (Fsp3) is 0.143. The quantitative estimate of drug-likeness (QED) is 0.560. The van der Waals surface area contributed by atoms with Crippen LogP contribution in [0.4, 0.5) is 15.8 Å². The summed E-state index contributed by atoms with van der Waals surface area (Å²) in [4.78, 5) is -0.495. The van der Waals surface area contributed by atoms with Crippen LogP contribution >= 0.6 is 0 Å². The minimum Gasteiger partial charge on any atom is -0.490 e. The molecule has 0 saturated heterocycles. The summed E-state index contributed by atoms with van der Waals surface area (Å²) in [5.41, 5.74) is 0.359. The number of hydrogen-bond donors (Lipinski definition) is 2. The number of nitrogens with one attached hydrogen (secondary N) is 2. The molecule has 0 radical (unpaired) electrons. The lowest BCUT2D eigenvalue weighted by Crippen LogP contribution is -2.15. The third kappa shape index (κ3) is 4.78. The summed E-state index contributed by atoms with van der Waals surface area (Å²) in [6, 6.07) is 14.8. The molecule has 168 valence electrons. The van der Waals surface area contributed by atoms with Crippen molar-refractivity contribution in [1.82, 2.24) is 0 Å². The summed E-state index contributed by atoms with van der Waals surface area (Å²) >= 11 is 0. The van der Waals surface area contributed by atoms with Gasteiger partial charge in [-0.05, 0) is 48.5 Å². The molecule has 0 fully saturated rings. The molecule has 4 rings (SSSR count). The fourth-order valence-corrected chi connectivity index (χ4v) is 5.22. The largest absolute Gasteiger partial charge is 0.490 e. The van der Waals surface area contributed by atoms with Crippen molar-refractivity contribution < 1.29 is 30.7 Å². The third-order valence-electron chi connectivity index (χ3n) is 4.54. The van der Waals surface area contributed by atoms with Crippen molar-refractivity contribution in [2.45, 2.75) is 16.2 Å². The third-order valence-corrected chi connectivity index (χ3v) is 7.34. The molecule has 0 bridgehead atoms. The topological polar surface area (TPSA) is 111 Å². The van der Waals surface area contributed by atoms with E-state index in [9.17, 15) is 21.2 Å². The Morgan fingerprint density at radius 3 is 1.97 bits per heavy atom. The van der Waals surface area contributed by atoms with Crippen LogP contribution in [0.15, 0.2) is 76.5 Å². The molecule has 0 aliphatic carbocycles. The zero-order valence-electron chi connectivity index (χ0n) is 16.6. The molecule has 1 aliphatic heterocycles. The van der Waals surface area contributed by atoms with Crippen LogP contribution in [-0.2, 0) is 20.0 Å². The van der Waals surface area contributed by atoms with Crippen LogP contribution in [0.3, 0.4) is 0 Å². The molecule has 1 heterocycles. The molecule has 1 aliphatic rings. The minimum atomic E-state index is -4.14. The molecule has 0 saturated carbocycles. The maximum atomic E-state index is 13.8. The lowest BCUT2D eigenvalue weighted by molar-refractivity contribution is 0.297. The van der Waals surface area contributed by atoms with Crippen molar-refractivity contribution in [3.05, 3.63) is 72.5 Å². The Hall–Kier alpha value is -3.31. The SMILES string of the molecule is O=S(=O)(Nc1ccc(NS(=O)(=O)c2ccccc2F)cc1)c1ccc2c(c1)OCCCO2. The van der Waals surface area contributed by atoms with Crippen molar-refractivity contribution in [2.75, 3.05) is 22.7 Å². The Bertz CT molecular complexity index is 1340. The van der Waals surface area contributed by atoms with Gasteiger partial charge in [0.25, 0.3) is 20.0 Å². The van der Waals surface area contributed by atoms with Gasteiger partial charge in [-0.2, -0.15) is 0 Å². The molecule has 3 aromatic carbocycles. The van der Waals surface area contributed by atoms with E-state index in [2.05, 4.69) is 9.44 Å². The molecule has 0 unspecified atom stereocenters. The van der Waals surface area contributed by atoms with Gasteiger partial charge in [-0.15, -0.1) is 0 Å². The average molecular weight is 479 g/mol. The van der Waals surface area contributed by atoms with E-state index in [0.717, 1.165) is 12.1 Å². The first-order valence-corrected chi connectivity index (χ1v) is 12.5. The van der Waals surface area contributed by atoms with E-state index in [1.807, 2.05) is 0 Å². The lowest BCUT2D eigenvalue weighted by atomic mass is 10.3. The zero-order valence-corrected chi connectivity index (χ0v) is 18.2. The van der Waals surface area contributed by atoms with Gasteiger partial charge in [0.2, 0.25) is 0 Å². The highest BCUT2D eigenvalue weighted by Gasteiger charge is 2.20. The second-order valence-corrected chi connectivity index (χ2v) is 10.2. The van der Waals surface area contributed by atoms with E-state index in [4.69, 9.17) is 9.47 Å². The number of anilines is 2. The van der Waals surface area contributed by atoms with Gasteiger partial charge in [0.15, 0.2) is 11.5 Å². The molecule has 0 aromatic heterocycles. The van der Waals surface area contributed by atoms with Gasteiger partial charge in [0.05, 0.1) is 18.1 Å². The van der Waals surface area contributed by atoms with Crippen LogP contribution in [0.25, 0.3) is 0 Å². The molecular formula is C21H19FN2O6S2. The maximum absolute atomic E-state index is 13.8. The summed E-state index contributed by atoms with van der Waals surface area (Å²) in [6.07, 6.45) is 0.696. The van der Waals surface area contributed by atoms with Gasteiger partial charge in [-0.25, -0.2) is 21.2 Å². The van der Waals surface area contributed by atoms with Crippen LogP contribution in [0.2, 0.25) is 0 Å². The number of halogens is 1. The first-order valence-electron chi connectivity index (χ1n) is 9.54. The second kappa shape index (κ2) is 8.67. The molecule has 11 heteroatoms. The van der Waals surface area contributed by atoms with Crippen molar-refractivity contribution >= 4 is 31.4 Å². The first kappa shape index (κ1) is 21.9. The normalized spacial score (nSPS) is 13.8. The molecule has 3 aromatic rings. The highest BCUT2D eigenvalue weighted by atomic mass is 32.2. The van der Waals surface area contributed by atoms with Gasteiger partial charge < -0.3 is 9.47 Å². The number of ether oxygens (including phenoxy) is 2. The Morgan fingerprint density at radius 2 is 1.31 bits per heavy atom. The molecule has 8 nitrogen and oxygen atoms in total. The van der Waals surface area contributed by atoms with Crippen LogP contribution in [0, 0.1) is 5.82 Å². The fourth-order valence-electron chi connectivity index (χ4n) is 3.00. The van der Waals surface area contributed by atoms with Crippen molar-refractivity contribution in [1.29, 1.82) is 0 Å². The predicted octanol–water partition coefficient (Wildman–Crippen LogP) is 3.59. The van der Waals surface area contributed by atoms with Gasteiger partial charge in [-0.3, -0.25) is 9.44 Å². The van der Waals surface area contributed by atoms with E-state index in [-0.39, 0.29) is 16.3 Å². The van der Waals surface area contributed by atoms with E-state index in [0.29, 0.717) is 31.1 Å². The van der Waals surface area contributed by atoms with Crippen molar-refractivity contribution in [3.8, 4) is 11.5 Å². The second-order valence-electron chi connectivity index (χ2n) is 6.88. The standard InChI is InChI=1S/C21H19FN2O6S2/c22-18-4-1-2-5-21(18)32(27,28)24-16-8-6-15(7-9-16)23-31(25,26)17-10-11-19-20(14-17)30-13-3-12-29-19/h1-2,4-11,14,23-24H,3,12-13H2. The molecule has 2 N–H and O–H groups in total. The summed E-state index contributed by atoms with van der Waals surface area (Å²) in [6.45, 7) is 0.915. The van der Waals surface area contributed by atoms with E-state index in [1.54, 1.807) is 0 Å². The number of fused-ring (bicyclic) bond motifs is 1. The molecule has 0 atom stereocenters. The Morgan fingerprint density at radius 1 is 0.719 bits per heavy atom. The molecule has 0 spiro atoms. The number of sulfonamides is 2.